The van der Waals surface area contributed by atoms with E-state index in [2.05, 4.69) is 33.6 Å². The lowest BCUT2D eigenvalue weighted by Gasteiger charge is -2.20. The number of aromatic nitrogens is 3. The van der Waals surface area contributed by atoms with Crippen LogP contribution in [0.15, 0.2) is 61.1 Å². The molecule has 3 aromatic rings. The molecule has 1 aromatic carbocycles. The average molecular weight is 360 g/mol. The Morgan fingerprint density at radius 2 is 1.93 bits per heavy atom. The zero-order valence-corrected chi connectivity index (χ0v) is 15.6. The molecule has 1 unspecified atom stereocenters. The van der Waals surface area contributed by atoms with Gasteiger partial charge in [0, 0.05) is 49.4 Å². The molecule has 0 N–H and O–H groups in total. The summed E-state index contributed by atoms with van der Waals surface area (Å²) in [6.07, 6.45) is 7.82. The standard InChI is InChI=1S/C22H24N4O/c1-17-15-24-22(19-9-12-23-13-10-19)26(17)20-11-14-25(16-20)21(27)8-7-18-5-3-2-4-6-18/h2-6,9-10,12-13,15,20H,7-8,11,14,16H2,1H3. The van der Waals surface area contributed by atoms with Crippen LogP contribution in [-0.2, 0) is 11.2 Å². The average Bonchev–Trinajstić information content (AvgIpc) is 3.34. The van der Waals surface area contributed by atoms with Gasteiger partial charge < -0.3 is 9.47 Å². The van der Waals surface area contributed by atoms with Crippen molar-refractivity contribution in [1.29, 1.82) is 0 Å². The molecule has 4 rings (SSSR count). The highest BCUT2D eigenvalue weighted by molar-refractivity contribution is 5.76. The van der Waals surface area contributed by atoms with Gasteiger partial charge in [0.1, 0.15) is 5.82 Å². The molecule has 0 radical (unpaired) electrons. The van der Waals surface area contributed by atoms with Crippen LogP contribution >= 0.6 is 0 Å². The number of rotatable bonds is 5. The van der Waals surface area contributed by atoms with Gasteiger partial charge in [-0.25, -0.2) is 4.98 Å². The van der Waals surface area contributed by atoms with Gasteiger partial charge in [0.2, 0.25) is 5.91 Å². The zero-order chi connectivity index (χ0) is 18.6. The quantitative estimate of drug-likeness (QED) is 0.698. The highest BCUT2D eigenvalue weighted by Crippen LogP contribution is 2.29. The predicted molar refractivity (Wildman–Crippen MR) is 105 cm³/mol. The maximum absolute atomic E-state index is 12.7. The molecule has 1 aliphatic rings. The molecule has 1 saturated heterocycles. The van der Waals surface area contributed by atoms with E-state index < -0.39 is 0 Å². The number of likely N-dealkylation sites (tertiary alicyclic amines) is 1. The number of hydrogen-bond donors (Lipinski definition) is 0. The smallest absolute Gasteiger partial charge is 0.222 e. The van der Waals surface area contributed by atoms with Gasteiger partial charge in [0.25, 0.3) is 0 Å². The van der Waals surface area contributed by atoms with Crippen LogP contribution in [0.25, 0.3) is 11.4 Å². The number of hydrogen-bond acceptors (Lipinski definition) is 3. The first-order valence-electron chi connectivity index (χ1n) is 9.48. The van der Waals surface area contributed by atoms with Gasteiger partial charge in [-0.1, -0.05) is 30.3 Å². The van der Waals surface area contributed by atoms with E-state index in [1.54, 1.807) is 12.4 Å². The van der Waals surface area contributed by atoms with Crippen LogP contribution in [0.2, 0.25) is 0 Å². The lowest BCUT2D eigenvalue weighted by atomic mass is 10.1. The normalized spacial score (nSPS) is 16.6. The molecule has 0 spiro atoms. The summed E-state index contributed by atoms with van der Waals surface area (Å²) in [6.45, 7) is 3.65. The van der Waals surface area contributed by atoms with E-state index in [0.29, 0.717) is 6.42 Å². The molecule has 5 nitrogen and oxygen atoms in total. The fourth-order valence-electron chi connectivity index (χ4n) is 3.85. The Kier molecular flexibility index (Phi) is 5.01. The predicted octanol–water partition coefficient (Wildman–Crippen LogP) is 3.66. The van der Waals surface area contributed by atoms with Crippen molar-refractivity contribution in [3.63, 3.8) is 0 Å². The van der Waals surface area contributed by atoms with Crippen molar-refractivity contribution in [3.8, 4) is 11.4 Å². The van der Waals surface area contributed by atoms with Crippen molar-refractivity contribution in [2.75, 3.05) is 13.1 Å². The number of imidazole rings is 1. The Bertz CT molecular complexity index is 905. The summed E-state index contributed by atoms with van der Waals surface area (Å²) in [5.74, 6) is 1.20. The van der Waals surface area contributed by atoms with Crippen molar-refractivity contribution in [2.24, 2.45) is 0 Å². The lowest BCUT2D eigenvalue weighted by molar-refractivity contribution is -0.130. The highest BCUT2D eigenvalue weighted by atomic mass is 16.2. The van der Waals surface area contributed by atoms with E-state index in [1.807, 2.05) is 41.4 Å². The summed E-state index contributed by atoms with van der Waals surface area (Å²) in [7, 11) is 0. The van der Waals surface area contributed by atoms with Crippen molar-refractivity contribution < 1.29 is 4.79 Å². The van der Waals surface area contributed by atoms with Crippen LogP contribution in [0.5, 0.6) is 0 Å². The first-order valence-corrected chi connectivity index (χ1v) is 9.48. The van der Waals surface area contributed by atoms with Gasteiger partial charge in [0.05, 0.1) is 6.04 Å². The largest absolute Gasteiger partial charge is 0.341 e. The van der Waals surface area contributed by atoms with Crippen molar-refractivity contribution in [3.05, 3.63) is 72.3 Å². The molecule has 138 valence electrons. The Balaban J connectivity index is 1.44. The highest BCUT2D eigenvalue weighted by Gasteiger charge is 2.29. The summed E-state index contributed by atoms with van der Waals surface area (Å²) in [4.78, 5) is 23.4. The third kappa shape index (κ3) is 3.77. The third-order valence-corrected chi connectivity index (χ3v) is 5.27. The minimum atomic E-state index is 0.240. The number of pyridine rings is 1. The molecule has 1 fully saturated rings. The second-order valence-electron chi connectivity index (χ2n) is 7.10. The maximum atomic E-state index is 12.7. The Morgan fingerprint density at radius 3 is 2.70 bits per heavy atom. The Labute approximate surface area is 159 Å². The van der Waals surface area contributed by atoms with E-state index in [4.69, 9.17) is 0 Å². The van der Waals surface area contributed by atoms with Crippen LogP contribution in [0, 0.1) is 6.92 Å². The molecule has 0 bridgehead atoms. The maximum Gasteiger partial charge on any atom is 0.222 e. The summed E-state index contributed by atoms with van der Waals surface area (Å²) in [6, 6.07) is 14.4. The first-order chi connectivity index (χ1) is 13.2. The van der Waals surface area contributed by atoms with Gasteiger partial charge in [-0.3, -0.25) is 9.78 Å². The SMILES string of the molecule is Cc1cnc(-c2ccncc2)n1C1CCN(C(=O)CCc2ccccc2)C1. The van der Waals surface area contributed by atoms with Crippen molar-refractivity contribution in [1.82, 2.24) is 19.4 Å². The number of nitrogens with zero attached hydrogens (tertiary/aromatic N) is 4. The first kappa shape index (κ1) is 17.5. The topological polar surface area (TPSA) is 51.0 Å². The summed E-state index contributed by atoms with van der Waals surface area (Å²) >= 11 is 0. The van der Waals surface area contributed by atoms with Crippen LogP contribution in [-0.4, -0.2) is 38.4 Å². The second-order valence-corrected chi connectivity index (χ2v) is 7.10. The van der Waals surface area contributed by atoms with Crippen molar-refractivity contribution in [2.45, 2.75) is 32.2 Å². The molecular formula is C22H24N4O. The number of aryl methyl sites for hydroxylation is 2. The van der Waals surface area contributed by atoms with Crippen LogP contribution in [0.1, 0.15) is 30.1 Å². The van der Waals surface area contributed by atoms with E-state index >= 15 is 0 Å². The molecule has 1 atom stereocenters. The molecule has 0 saturated carbocycles. The third-order valence-electron chi connectivity index (χ3n) is 5.27. The van der Waals surface area contributed by atoms with Crippen molar-refractivity contribution >= 4 is 5.91 Å². The van der Waals surface area contributed by atoms with E-state index in [-0.39, 0.29) is 11.9 Å². The Hall–Kier alpha value is -2.95. The second kappa shape index (κ2) is 7.74. The minimum absolute atomic E-state index is 0.240. The number of carbonyl (C=O) groups is 1. The van der Waals surface area contributed by atoms with Crippen LogP contribution in [0.3, 0.4) is 0 Å². The fourth-order valence-corrected chi connectivity index (χ4v) is 3.85. The van der Waals surface area contributed by atoms with E-state index in [1.165, 1.54) is 5.56 Å². The molecule has 1 amide bonds. The Morgan fingerprint density at radius 1 is 1.15 bits per heavy atom. The van der Waals surface area contributed by atoms with Gasteiger partial charge in [0.15, 0.2) is 0 Å². The molecule has 2 aromatic heterocycles. The molecule has 3 heterocycles. The zero-order valence-electron chi connectivity index (χ0n) is 15.6. The number of carbonyl (C=O) groups excluding carboxylic acids is 1. The molecule has 0 aliphatic carbocycles. The number of benzene rings is 1. The van der Waals surface area contributed by atoms with Gasteiger partial charge in [-0.05, 0) is 37.5 Å². The molecule has 5 heteroatoms. The van der Waals surface area contributed by atoms with E-state index in [0.717, 1.165) is 43.0 Å². The summed E-state index contributed by atoms with van der Waals surface area (Å²) in [5.41, 5.74) is 3.41. The van der Waals surface area contributed by atoms with Gasteiger partial charge >= 0.3 is 0 Å². The fraction of sp³-hybridized carbons (Fsp3) is 0.318. The monoisotopic (exact) mass is 360 g/mol. The van der Waals surface area contributed by atoms with Crippen LogP contribution < -0.4 is 0 Å². The summed E-state index contributed by atoms with van der Waals surface area (Å²) < 4.78 is 2.28. The van der Waals surface area contributed by atoms with Gasteiger partial charge in [-0.2, -0.15) is 0 Å². The molecule has 27 heavy (non-hydrogen) atoms. The lowest BCUT2D eigenvalue weighted by Crippen LogP contribution is -2.29. The number of amides is 1. The minimum Gasteiger partial charge on any atom is -0.341 e. The van der Waals surface area contributed by atoms with E-state index in [9.17, 15) is 4.79 Å². The van der Waals surface area contributed by atoms with Crippen LogP contribution in [0.4, 0.5) is 0 Å². The van der Waals surface area contributed by atoms with Gasteiger partial charge in [-0.15, -0.1) is 0 Å². The summed E-state index contributed by atoms with van der Waals surface area (Å²) in [5, 5.41) is 0. The molecular weight excluding hydrogens is 336 g/mol. The molecule has 1 aliphatic heterocycles.